The number of hydrogen-bond acceptors (Lipinski definition) is 3. The van der Waals surface area contributed by atoms with E-state index in [1.807, 2.05) is 32.9 Å². The number of anilines is 2. The van der Waals surface area contributed by atoms with Gasteiger partial charge < -0.3 is 15.4 Å². The van der Waals surface area contributed by atoms with E-state index in [0.717, 1.165) is 11.3 Å². The molecule has 0 aliphatic carbocycles. The highest BCUT2D eigenvalue weighted by Crippen LogP contribution is 2.22. The molecule has 0 aliphatic rings. The average molecular weight is 389 g/mol. The van der Waals surface area contributed by atoms with Crippen molar-refractivity contribution >= 4 is 34.8 Å². The first kappa shape index (κ1) is 20.8. The van der Waals surface area contributed by atoms with Crippen LogP contribution >= 0.6 is 11.6 Å². The van der Waals surface area contributed by atoms with Gasteiger partial charge in [-0.05, 0) is 61.4 Å². The first-order chi connectivity index (χ1) is 12.8. The number of nitrogens with one attached hydrogen (secondary N) is 2. The number of aryl methyl sites for hydroxylation is 1. The maximum absolute atomic E-state index is 12.0. The smallest absolute Gasteiger partial charge is 0.226 e. The van der Waals surface area contributed by atoms with E-state index in [0.29, 0.717) is 35.8 Å². The number of halogens is 1. The molecule has 0 atom stereocenters. The highest BCUT2D eigenvalue weighted by Gasteiger charge is 2.08. The molecule has 6 heteroatoms. The van der Waals surface area contributed by atoms with Crippen LogP contribution in [0.5, 0.6) is 5.75 Å². The summed E-state index contributed by atoms with van der Waals surface area (Å²) in [6.45, 7) is 6.06. The lowest BCUT2D eigenvalue weighted by Crippen LogP contribution is -2.17. The standard InChI is InChI=1S/C21H25ClN2O3/c1-14(2)21(26)24-18-9-7-17(8-10-18)23-20(25)5-4-12-27-19-11-6-16(22)13-15(19)3/h6-11,13-14H,4-5,12H2,1-3H3,(H,23,25)(H,24,26). The second kappa shape index (κ2) is 9.97. The second-order valence-corrected chi connectivity index (χ2v) is 7.07. The van der Waals surface area contributed by atoms with E-state index in [2.05, 4.69) is 10.6 Å². The third-order valence-corrected chi connectivity index (χ3v) is 4.14. The first-order valence-corrected chi connectivity index (χ1v) is 9.32. The fraction of sp³-hybridized carbons (Fsp3) is 0.333. The van der Waals surface area contributed by atoms with Gasteiger partial charge in [-0.25, -0.2) is 0 Å². The lowest BCUT2D eigenvalue weighted by molar-refractivity contribution is -0.119. The lowest BCUT2D eigenvalue weighted by Gasteiger charge is -2.10. The Morgan fingerprint density at radius 3 is 2.26 bits per heavy atom. The summed E-state index contributed by atoms with van der Waals surface area (Å²) in [6, 6.07) is 12.5. The van der Waals surface area contributed by atoms with Gasteiger partial charge in [0, 0.05) is 28.7 Å². The molecule has 0 spiro atoms. The van der Waals surface area contributed by atoms with Gasteiger partial charge in [0.15, 0.2) is 0 Å². The summed E-state index contributed by atoms with van der Waals surface area (Å²) < 4.78 is 5.69. The average Bonchev–Trinajstić information content (AvgIpc) is 2.61. The summed E-state index contributed by atoms with van der Waals surface area (Å²) in [5.74, 6) is 0.579. The SMILES string of the molecule is Cc1cc(Cl)ccc1OCCCC(=O)Nc1ccc(NC(=O)C(C)C)cc1. The number of benzene rings is 2. The second-order valence-electron chi connectivity index (χ2n) is 6.63. The fourth-order valence-electron chi connectivity index (χ4n) is 2.34. The molecule has 0 heterocycles. The Balaban J connectivity index is 1.73. The number of hydrogen-bond donors (Lipinski definition) is 2. The maximum Gasteiger partial charge on any atom is 0.226 e. The molecule has 0 aromatic heterocycles. The molecule has 2 aromatic carbocycles. The molecule has 2 aromatic rings. The Morgan fingerprint density at radius 1 is 1.04 bits per heavy atom. The van der Waals surface area contributed by atoms with Crippen molar-refractivity contribution in [2.24, 2.45) is 5.92 Å². The minimum absolute atomic E-state index is 0.0392. The van der Waals surface area contributed by atoms with Crippen molar-refractivity contribution in [1.29, 1.82) is 0 Å². The molecule has 0 unspecified atom stereocenters. The van der Waals surface area contributed by atoms with E-state index >= 15 is 0 Å². The Labute approximate surface area is 165 Å². The third kappa shape index (κ3) is 6.94. The Kier molecular flexibility index (Phi) is 7.67. The minimum Gasteiger partial charge on any atom is -0.493 e. The first-order valence-electron chi connectivity index (χ1n) is 8.95. The van der Waals surface area contributed by atoms with Crippen LogP contribution in [0.25, 0.3) is 0 Å². The zero-order valence-electron chi connectivity index (χ0n) is 15.8. The third-order valence-electron chi connectivity index (χ3n) is 3.90. The maximum atomic E-state index is 12.0. The van der Waals surface area contributed by atoms with Gasteiger partial charge in [0.2, 0.25) is 11.8 Å². The summed E-state index contributed by atoms with van der Waals surface area (Å²) in [4.78, 5) is 23.7. The molecule has 27 heavy (non-hydrogen) atoms. The normalized spacial score (nSPS) is 10.6. The van der Waals surface area contributed by atoms with Crippen LogP contribution in [-0.4, -0.2) is 18.4 Å². The highest BCUT2D eigenvalue weighted by molar-refractivity contribution is 6.30. The molecular weight excluding hydrogens is 364 g/mol. The minimum atomic E-state index is -0.0803. The molecule has 5 nitrogen and oxygen atoms in total. The largest absolute Gasteiger partial charge is 0.493 e. The van der Waals surface area contributed by atoms with Gasteiger partial charge in [-0.2, -0.15) is 0 Å². The quantitative estimate of drug-likeness (QED) is 0.622. The van der Waals surface area contributed by atoms with Crippen molar-refractivity contribution in [2.45, 2.75) is 33.6 Å². The van der Waals surface area contributed by atoms with Crippen LogP contribution in [0.3, 0.4) is 0 Å². The van der Waals surface area contributed by atoms with Crippen molar-refractivity contribution in [3.8, 4) is 5.75 Å². The van der Waals surface area contributed by atoms with Crippen LogP contribution in [0.2, 0.25) is 5.02 Å². The molecule has 0 radical (unpaired) electrons. The van der Waals surface area contributed by atoms with E-state index in [1.54, 1.807) is 30.3 Å². The van der Waals surface area contributed by atoms with Crippen molar-refractivity contribution in [3.63, 3.8) is 0 Å². The molecule has 0 fully saturated rings. The van der Waals surface area contributed by atoms with Crippen molar-refractivity contribution in [2.75, 3.05) is 17.2 Å². The monoisotopic (exact) mass is 388 g/mol. The molecule has 144 valence electrons. The Hall–Kier alpha value is -2.53. The topological polar surface area (TPSA) is 67.4 Å². The summed E-state index contributed by atoms with van der Waals surface area (Å²) in [5, 5.41) is 6.32. The zero-order chi connectivity index (χ0) is 19.8. The van der Waals surface area contributed by atoms with Crippen LogP contribution in [0.15, 0.2) is 42.5 Å². The molecule has 2 rings (SSSR count). The predicted molar refractivity (Wildman–Crippen MR) is 109 cm³/mol. The van der Waals surface area contributed by atoms with Crippen molar-refractivity contribution in [3.05, 3.63) is 53.1 Å². The summed E-state index contributed by atoms with van der Waals surface area (Å²) in [5.41, 5.74) is 2.37. The fourth-order valence-corrected chi connectivity index (χ4v) is 2.56. The van der Waals surface area contributed by atoms with Crippen LogP contribution in [-0.2, 0) is 9.59 Å². The van der Waals surface area contributed by atoms with Crippen LogP contribution in [0, 0.1) is 12.8 Å². The van der Waals surface area contributed by atoms with Gasteiger partial charge >= 0.3 is 0 Å². The van der Waals surface area contributed by atoms with E-state index in [4.69, 9.17) is 16.3 Å². The Morgan fingerprint density at radius 2 is 1.67 bits per heavy atom. The number of rotatable bonds is 8. The molecule has 0 bridgehead atoms. The number of ether oxygens (including phenoxy) is 1. The van der Waals surface area contributed by atoms with Crippen LogP contribution < -0.4 is 15.4 Å². The summed E-state index contributed by atoms with van der Waals surface area (Å²) in [7, 11) is 0. The van der Waals surface area contributed by atoms with Gasteiger partial charge in [-0.3, -0.25) is 9.59 Å². The van der Waals surface area contributed by atoms with Gasteiger partial charge in [0.25, 0.3) is 0 Å². The van der Waals surface area contributed by atoms with E-state index < -0.39 is 0 Å². The lowest BCUT2D eigenvalue weighted by atomic mass is 10.2. The summed E-state index contributed by atoms with van der Waals surface area (Å²) >= 11 is 5.92. The van der Waals surface area contributed by atoms with Crippen LogP contribution in [0.1, 0.15) is 32.3 Å². The van der Waals surface area contributed by atoms with Crippen molar-refractivity contribution in [1.82, 2.24) is 0 Å². The molecule has 0 aliphatic heterocycles. The number of carbonyl (C=O) groups excluding carboxylic acids is 2. The molecule has 0 saturated heterocycles. The van der Waals surface area contributed by atoms with Gasteiger partial charge in [0.1, 0.15) is 5.75 Å². The Bertz CT molecular complexity index is 789. The van der Waals surface area contributed by atoms with E-state index in [9.17, 15) is 9.59 Å². The van der Waals surface area contributed by atoms with Crippen molar-refractivity contribution < 1.29 is 14.3 Å². The predicted octanol–water partition coefficient (Wildman–Crippen LogP) is 5.04. The van der Waals surface area contributed by atoms with E-state index in [-0.39, 0.29) is 17.7 Å². The highest BCUT2D eigenvalue weighted by atomic mass is 35.5. The van der Waals surface area contributed by atoms with Gasteiger partial charge in [0.05, 0.1) is 6.61 Å². The number of amides is 2. The number of carbonyl (C=O) groups is 2. The van der Waals surface area contributed by atoms with Gasteiger partial charge in [-0.1, -0.05) is 25.4 Å². The molecular formula is C21H25ClN2O3. The zero-order valence-corrected chi connectivity index (χ0v) is 16.6. The molecule has 0 saturated carbocycles. The molecule has 2 N–H and O–H groups in total. The summed E-state index contributed by atoms with van der Waals surface area (Å²) in [6.07, 6.45) is 0.967. The van der Waals surface area contributed by atoms with E-state index in [1.165, 1.54) is 0 Å². The molecule has 2 amide bonds. The van der Waals surface area contributed by atoms with Crippen LogP contribution in [0.4, 0.5) is 11.4 Å². The van der Waals surface area contributed by atoms with Gasteiger partial charge in [-0.15, -0.1) is 0 Å².